The molecule has 4 heteroatoms. The lowest BCUT2D eigenvalue weighted by atomic mass is 10.0. The van der Waals surface area contributed by atoms with E-state index >= 15 is 0 Å². The summed E-state index contributed by atoms with van der Waals surface area (Å²) in [4.78, 5) is 0. The summed E-state index contributed by atoms with van der Waals surface area (Å²) in [6.45, 7) is 8.54. The Morgan fingerprint density at radius 1 is 1.47 bits per heavy atom. The molecule has 1 aliphatic rings. The zero-order valence-electron chi connectivity index (χ0n) is 11.1. The van der Waals surface area contributed by atoms with Gasteiger partial charge in [0.05, 0.1) is 5.69 Å². The molecule has 0 bridgehead atoms. The molecule has 17 heavy (non-hydrogen) atoms. The largest absolute Gasteiger partial charge is 0.361 e. The highest BCUT2D eigenvalue weighted by atomic mass is 32.2. The van der Waals surface area contributed by atoms with Gasteiger partial charge in [-0.2, -0.15) is 11.8 Å². The second-order valence-electron chi connectivity index (χ2n) is 4.95. The van der Waals surface area contributed by atoms with Gasteiger partial charge in [-0.1, -0.05) is 12.1 Å². The number of aromatic nitrogens is 1. The lowest BCUT2D eigenvalue weighted by Crippen LogP contribution is -2.40. The van der Waals surface area contributed by atoms with E-state index in [0.717, 1.165) is 11.5 Å². The molecule has 96 valence electrons. The normalized spacial score (nSPS) is 27.1. The van der Waals surface area contributed by atoms with Crippen molar-refractivity contribution in [2.24, 2.45) is 0 Å². The summed E-state index contributed by atoms with van der Waals surface area (Å²) in [5.41, 5.74) is 2.24. The van der Waals surface area contributed by atoms with Crippen molar-refractivity contribution in [3.63, 3.8) is 0 Å². The average Bonchev–Trinajstić information content (AvgIpc) is 2.62. The molecule has 1 aromatic heterocycles. The van der Waals surface area contributed by atoms with Gasteiger partial charge >= 0.3 is 0 Å². The van der Waals surface area contributed by atoms with Gasteiger partial charge in [-0.15, -0.1) is 0 Å². The summed E-state index contributed by atoms with van der Waals surface area (Å²) in [6, 6.07) is 0.935. The van der Waals surface area contributed by atoms with Crippen LogP contribution in [0.25, 0.3) is 0 Å². The predicted molar refractivity (Wildman–Crippen MR) is 72.5 cm³/mol. The molecule has 1 N–H and O–H groups in total. The van der Waals surface area contributed by atoms with Crippen LogP contribution >= 0.6 is 11.8 Å². The number of rotatable bonds is 3. The van der Waals surface area contributed by atoms with E-state index in [0.29, 0.717) is 17.3 Å². The van der Waals surface area contributed by atoms with Crippen LogP contribution in [0.2, 0.25) is 0 Å². The van der Waals surface area contributed by atoms with Crippen LogP contribution < -0.4 is 5.32 Å². The Kier molecular flexibility index (Phi) is 4.15. The topological polar surface area (TPSA) is 38.1 Å². The zero-order chi connectivity index (χ0) is 12.4. The van der Waals surface area contributed by atoms with Crippen LogP contribution in [0.4, 0.5) is 0 Å². The third-order valence-electron chi connectivity index (χ3n) is 3.59. The molecule has 3 nitrogen and oxygen atoms in total. The molecule has 1 aliphatic heterocycles. The van der Waals surface area contributed by atoms with E-state index in [1.54, 1.807) is 0 Å². The Bertz CT molecular complexity index is 358. The molecular formula is C13H22N2OS. The van der Waals surface area contributed by atoms with E-state index in [4.69, 9.17) is 4.52 Å². The summed E-state index contributed by atoms with van der Waals surface area (Å²) in [5.74, 6) is 2.25. The van der Waals surface area contributed by atoms with Crippen molar-refractivity contribution in [2.45, 2.75) is 57.9 Å². The van der Waals surface area contributed by atoms with Crippen molar-refractivity contribution >= 4 is 11.8 Å². The van der Waals surface area contributed by atoms with Crippen molar-refractivity contribution < 1.29 is 4.52 Å². The predicted octanol–water partition coefficient (Wildman–Crippen LogP) is 3.23. The minimum Gasteiger partial charge on any atom is -0.361 e. The molecule has 2 rings (SSSR count). The van der Waals surface area contributed by atoms with E-state index in [2.05, 4.69) is 36.1 Å². The molecule has 0 spiro atoms. The molecular weight excluding hydrogens is 232 g/mol. The molecule has 1 fully saturated rings. The molecule has 0 amide bonds. The van der Waals surface area contributed by atoms with Crippen LogP contribution in [0.1, 0.15) is 49.7 Å². The molecule has 2 heterocycles. The second kappa shape index (κ2) is 5.44. The summed E-state index contributed by atoms with van der Waals surface area (Å²) in [7, 11) is 0. The smallest absolute Gasteiger partial charge is 0.138 e. The van der Waals surface area contributed by atoms with Crippen LogP contribution in [0.15, 0.2) is 4.52 Å². The third kappa shape index (κ3) is 2.86. The molecule has 3 atom stereocenters. The van der Waals surface area contributed by atoms with Gasteiger partial charge in [-0.3, -0.25) is 0 Å². The fourth-order valence-electron chi connectivity index (χ4n) is 2.65. The minimum atomic E-state index is 0.326. The second-order valence-corrected chi connectivity index (χ2v) is 6.44. The van der Waals surface area contributed by atoms with Gasteiger partial charge in [0.25, 0.3) is 0 Å². The van der Waals surface area contributed by atoms with E-state index in [1.807, 2.05) is 13.8 Å². The van der Waals surface area contributed by atoms with Crippen molar-refractivity contribution in [3.05, 3.63) is 17.0 Å². The molecule has 0 aromatic carbocycles. The number of thioether (sulfide) groups is 1. The van der Waals surface area contributed by atoms with Crippen LogP contribution in [0.3, 0.4) is 0 Å². The highest BCUT2D eigenvalue weighted by Crippen LogP contribution is 2.28. The fraction of sp³-hybridized carbons (Fsp3) is 0.769. The van der Waals surface area contributed by atoms with Gasteiger partial charge in [0.2, 0.25) is 0 Å². The Labute approximate surface area is 108 Å². The molecule has 0 saturated carbocycles. The molecule has 0 radical (unpaired) electrons. The van der Waals surface area contributed by atoms with Crippen LogP contribution in [0, 0.1) is 13.8 Å². The number of aryl methyl sites for hydroxylation is 2. The first-order valence-corrected chi connectivity index (χ1v) is 7.45. The highest BCUT2D eigenvalue weighted by molar-refractivity contribution is 7.99. The van der Waals surface area contributed by atoms with E-state index in [-0.39, 0.29) is 0 Å². The van der Waals surface area contributed by atoms with Gasteiger partial charge in [0.1, 0.15) is 5.76 Å². The molecule has 3 unspecified atom stereocenters. The van der Waals surface area contributed by atoms with Gasteiger partial charge in [0, 0.05) is 22.9 Å². The van der Waals surface area contributed by atoms with Crippen LogP contribution in [-0.2, 0) is 0 Å². The number of hydrogen-bond donors (Lipinski definition) is 1. The first-order chi connectivity index (χ1) is 8.09. The monoisotopic (exact) mass is 254 g/mol. The zero-order valence-corrected chi connectivity index (χ0v) is 11.9. The van der Waals surface area contributed by atoms with Crippen molar-refractivity contribution in [2.75, 3.05) is 5.75 Å². The number of hydrogen-bond acceptors (Lipinski definition) is 4. The summed E-state index contributed by atoms with van der Waals surface area (Å²) in [5, 5.41) is 8.46. The van der Waals surface area contributed by atoms with Gasteiger partial charge < -0.3 is 9.84 Å². The summed E-state index contributed by atoms with van der Waals surface area (Å²) >= 11 is 2.07. The Morgan fingerprint density at radius 2 is 2.24 bits per heavy atom. The van der Waals surface area contributed by atoms with Crippen LogP contribution in [-0.4, -0.2) is 22.2 Å². The average molecular weight is 254 g/mol. The first-order valence-electron chi connectivity index (χ1n) is 6.40. The first kappa shape index (κ1) is 13.0. The van der Waals surface area contributed by atoms with Crippen LogP contribution in [0.5, 0.6) is 0 Å². The Balaban J connectivity index is 2.03. The maximum absolute atomic E-state index is 5.24. The molecule has 1 saturated heterocycles. The Hall–Kier alpha value is -0.480. The number of nitrogens with zero attached hydrogens (tertiary/aromatic N) is 1. The van der Waals surface area contributed by atoms with Crippen molar-refractivity contribution in [1.29, 1.82) is 0 Å². The molecule has 0 aliphatic carbocycles. The summed E-state index contributed by atoms with van der Waals surface area (Å²) in [6.07, 6.45) is 2.60. The Morgan fingerprint density at radius 3 is 2.82 bits per heavy atom. The van der Waals surface area contributed by atoms with Crippen molar-refractivity contribution in [3.8, 4) is 0 Å². The number of nitrogens with one attached hydrogen (secondary N) is 1. The maximum Gasteiger partial charge on any atom is 0.138 e. The maximum atomic E-state index is 5.24. The third-order valence-corrected chi connectivity index (χ3v) is 4.97. The van der Waals surface area contributed by atoms with E-state index in [1.165, 1.54) is 24.2 Å². The van der Waals surface area contributed by atoms with Gasteiger partial charge in [-0.05, 0) is 39.4 Å². The molecule has 1 aromatic rings. The lowest BCUT2D eigenvalue weighted by molar-refractivity contribution is 0.385. The van der Waals surface area contributed by atoms with E-state index < -0.39 is 0 Å². The SMILES string of the molecule is Cc1noc(C)c1C(C)NC1CCCSC1C. The lowest BCUT2D eigenvalue weighted by Gasteiger charge is -2.31. The standard InChI is InChI=1S/C13H22N2OS/c1-8(13-9(2)15-16-10(13)3)14-12-6-5-7-17-11(12)4/h8,11-12,14H,5-7H2,1-4H3. The fourth-order valence-corrected chi connectivity index (χ4v) is 3.81. The van der Waals surface area contributed by atoms with E-state index in [9.17, 15) is 0 Å². The quantitative estimate of drug-likeness (QED) is 0.898. The highest BCUT2D eigenvalue weighted by Gasteiger charge is 2.25. The van der Waals surface area contributed by atoms with Crippen molar-refractivity contribution in [1.82, 2.24) is 10.5 Å². The summed E-state index contributed by atoms with van der Waals surface area (Å²) < 4.78 is 5.24. The minimum absolute atomic E-state index is 0.326. The van der Waals surface area contributed by atoms with Gasteiger partial charge in [0.15, 0.2) is 0 Å². The van der Waals surface area contributed by atoms with Gasteiger partial charge in [-0.25, -0.2) is 0 Å².